The predicted octanol–water partition coefficient (Wildman–Crippen LogP) is 7.43. The van der Waals surface area contributed by atoms with Crippen LogP contribution in [0.4, 0.5) is 10.3 Å². The van der Waals surface area contributed by atoms with E-state index in [0.717, 1.165) is 16.1 Å². The maximum atomic E-state index is 13.9. The van der Waals surface area contributed by atoms with Crippen LogP contribution in [0.25, 0.3) is 17.3 Å². The minimum absolute atomic E-state index is 0.0109. The van der Waals surface area contributed by atoms with Crippen LogP contribution in [0.3, 0.4) is 0 Å². The molecule has 1 amide bonds. The van der Waals surface area contributed by atoms with Gasteiger partial charge in [-0.25, -0.2) is 27.1 Å². The van der Waals surface area contributed by atoms with Gasteiger partial charge in [-0.05, 0) is 73.0 Å². The van der Waals surface area contributed by atoms with E-state index < -0.39 is 30.3 Å². The first kappa shape index (κ1) is 38.7. The zero-order valence-corrected chi connectivity index (χ0v) is 31.5. The van der Waals surface area contributed by atoms with E-state index in [0.29, 0.717) is 22.5 Å². The molecule has 1 aromatic heterocycles. The van der Waals surface area contributed by atoms with Crippen molar-refractivity contribution in [3.63, 3.8) is 0 Å². The summed E-state index contributed by atoms with van der Waals surface area (Å²) in [6.45, 7) is 16.2. The average Bonchev–Trinajstić information content (AvgIpc) is 2.98. The zero-order valence-electron chi connectivity index (χ0n) is 29.7. The molecule has 260 valence electrons. The molecular weight excluding hydrogens is 648 g/mol. The van der Waals surface area contributed by atoms with E-state index in [9.17, 15) is 22.4 Å². The second-order valence-electron chi connectivity index (χ2n) is 14.0. The van der Waals surface area contributed by atoms with Gasteiger partial charge in [-0.15, -0.1) is 0 Å². The molecule has 3 rings (SSSR count). The highest BCUT2D eigenvalue weighted by molar-refractivity contribution is 7.92. The molecule has 3 aromatic rings. The third-order valence-electron chi connectivity index (χ3n) is 8.63. The Kier molecular flexibility index (Phi) is 12.6. The minimum Gasteiger partial charge on any atom is -0.413 e. The molecular formula is C36H49FN4O5SSi. The normalized spacial score (nSPS) is 13.8. The molecule has 0 spiro atoms. The second kappa shape index (κ2) is 15.6. The number of hydrogen-bond acceptors (Lipinski definition) is 7. The van der Waals surface area contributed by atoms with Gasteiger partial charge in [0.05, 0.1) is 36.2 Å². The number of ketones is 1. The summed E-state index contributed by atoms with van der Waals surface area (Å²) < 4.78 is 46.2. The van der Waals surface area contributed by atoms with Gasteiger partial charge in [-0.1, -0.05) is 65.0 Å². The molecule has 0 saturated carbocycles. The van der Waals surface area contributed by atoms with Crippen LogP contribution in [-0.4, -0.2) is 57.8 Å². The van der Waals surface area contributed by atoms with Crippen molar-refractivity contribution in [3.05, 3.63) is 83.3 Å². The standard InChI is InChI=1S/C36H49FN4O5SSi/c1-24(2)33-31(34(27-16-18-28(37)19-17-27)40-35(39-33)41(7)47(8,44)45)21-20-29(42)22-30(46-48(9,10)36(4,5)6)23-32(43)38-25(3)26-14-12-11-13-15-26/h11-21,24-25,30H,22-23H2,1-10H3,(H,38,43). The molecule has 0 aliphatic rings. The number of allylic oxidation sites excluding steroid dienone is 1. The summed E-state index contributed by atoms with van der Waals surface area (Å²) in [6, 6.07) is 15.1. The highest BCUT2D eigenvalue weighted by Gasteiger charge is 2.40. The van der Waals surface area contributed by atoms with Crippen LogP contribution in [0.15, 0.2) is 60.7 Å². The van der Waals surface area contributed by atoms with Gasteiger partial charge in [0, 0.05) is 24.6 Å². The van der Waals surface area contributed by atoms with Crippen molar-refractivity contribution in [2.75, 3.05) is 17.6 Å². The monoisotopic (exact) mass is 696 g/mol. The number of amides is 1. The SMILES string of the molecule is CC(C)c1nc(N(C)S(C)(=O)=O)nc(-c2ccc(F)cc2)c1C=CC(=O)CC(CC(=O)NC(C)c1ccccc1)O[Si](C)(C)C(C)(C)C. The van der Waals surface area contributed by atoms with Crippen LogP contribution in [0, 0.1) is 5.82 Å². The summed E-state index contributed by atoms with van der Waals surface area (Å²) in [4.78, 5) is 36.0. The number of benzene rings is 2. The molecule has 2 aromatic carbocycles. The molecule has 0 aliphatic heterocycles. The Morgan fingerprint density at radius 3 is 2.15 bits per heavy atom. The maximum Gasteiger partial charge on any atom is 0.239 e. The first-order chi connectivity index (χ1) is 22.2. The van der Waals surface area contributed by atoms with Crippen molar-refractivity contribution in [3.8, 4) is 11.3 Å². The topological polar surface area (TPSA) is 119 Å². The van der Waals surface area contributed by atoms with E-state index in [4.69, 9.17) is 4.43 Å². The Bertz CT molecular complexity index is 1720. The van der Waals surface area contributed by atoms with Gasteiger partial charge >= 0.3 is 0 Å². The molecule has 0 aliphatic carbocycles. The van der Waals surface area contributed by atoms with Crippen LogP contribution in [-0.2, 0) is 24.0 Å². The number of nitrogens with zero attached hydrogens (tertiary/aromatic N) is 3. The highest BCUT2D eigenvalue weighted by atomic mass is 32.2. The first-order valence-corrected chi connectivity index (χ1v) is 20.8. The Labute approximate surface area is 286 Å². The lowest BCUT2D eigenvalue weighted by Crippen LogP contribution is -2.45. The van der Waals surface area contributed by atoms with Gasteiger partial charge in [0.25, 0.3) is 0 Å². The summed E-state index contributed by atoms with van der Waals surface area (Å²) in [5.74, 6) is -1.14. The number of rotatable bonds is 14. The molecule has 12 heteroatoms. The maximum absolute atomic E-state index is 13.9. The first-order valence-electron chi connectivity index (χ1n) is 16.0. The van der Waals surface area contributed by atoms with Crippen molar-refractivity contribution < 1.29 is 26.8 Å². The van der Waals surface area contributed by atoms with Gasteiger partial charge in [0.15, 0.2) is 14.1 Å². The average molecular weight is 697 g/mol. The summed E-state index contributed by atoms with van der Waals surface area (Å²) >= 11 is 0. The summed E-state index contributed by atoms with van der Waals surface area (Å²) in [7, 11) is -4.69. The van der Waals surface area contributed by atoms with E-state index in [-0.39, 0.29) is 47.5 Å². The van der Waals surface area contributed by atoms with E-state index in [1.807, 2.05) is 51.1 Å². The second-order valence-corrected chi connectivity index (χ2v) is 20.7. The third kappa shape index (κ3) is 10.4. The number of carbonyl (C=O) groups excluding carboxylic acids is 2. The lowest BCUT2D eigenvalue weighted by Gasteiger charge is -2.39. The molecule has 0 fully saturated rings. The minimum atomic E-state index is -3.68. The highest BCUT2D eigenvalue weighted by Crippen LogP contribution is 2.38. The fourth-order valence-corrected chi connectivity index (χ4v) is 6.48. The fraction of sp³-hybridized carbons (Fsp3) is 0.444. The van der Waals surface area contributed by atoms with E-state index >= 15 is 0 Å². The number of nitrogens with one attached hydrogen (secondary N) is 1. The van der Waals surface area contributed by atoms with Crippen LogP contribution in [0.5, 0.6) is 0 Å². The molecule has 9 nitrogen and oxygen atoms in total. The van der Waals surface area contributed by atoms with Crippen molar-refractivity contribution in [1.29, 1.82) is 0 Å². The van der Waals surface area contributed by atoms with E-state index in [2.05, 4.69) is 49.1 Å². The zero-order chi connectivity index (χ0) is 36.0. The van der Waals surface area contributed by atoms with Crippen LogP contribution in [0.2, 0.25) is 18.1 Å². The summed E-state index contributed by atoms with van der Waals surface area (Å²) in [6.07, 6.45) is 3.41. The van der Waals surface area contributed by atoms with Crippen LogP contribution < -0.4 is 9.62 Å². The predicted molar refractivity (Wildman–Crippen MR) is 193 cm³/mol. The molecule has 48 heavy (non-hydrogen) atoms. The van der Waals surface area contributed by atoms with Gasteiger partial charge in [-0.2, -0.15) is 0 Å². The Morgan fingerprint density at radius 1 is 1.00 bits per heavy atom. The number of sulfonamides is 1. The van der Waals surface area contributed by atoms with Crippen molar-refractivity contribution in [2.45, 2.75) is 90.6 Å². The van der Waals surface area contributed by atoms with Crippen LogP contribution >= 0.6 is 0 Å². The lowest BCUT2D eigenvalue weighted by molar-refractivity contribution is -0.124. The van der Waals surface area contributed by atoms with Crippen molar-refractivity contribution >= 4 is 42.1 Å². The number of anilines is 1. The van der Waals surface area contributed by atoms with Crippen LogP contribution in [0.1, 0.15) is 83.2 Å². The Balaban J connectivity index is 1.99. The van der Waals surface area contributed by atoms with Crippen molar-refractivity contribution in [2.24, 2.45) is 0 Å². The Morgan fingerprint density at radius 2 is 1.60 bits per heavy atom. The largest absolute Gasteiger partial charge is 0.413 e. The third-order valence-corrected chi connectivity index (χ3v) is 14.3. The molecule has 2 atom stereocenters. The quantitative estimate of drug-likeness (QED) is 0.138. The molecule has 0 bridgehead atoms. The summed E-state index contributed by atoms with van der Waals surface area (Å²) in [5, 5.41) is 2.89. The van der Waals surface area contributed by atoms with Gasteiger partial charge in [-0.3, -0.25) is 9.59 Å². The van der Waals surface area contributed by atoms with Gasteiger partial charge < -0.3 is 9.74 Å². The van der Waals surface area contributed by atoms with E-state index in [1.165, 1.54) is 25.3 Å². The van der Waals surface area contributed by atoms with E-state index in [1.54, 1.807) is 18.2 Å². The molecule has 2 unspecified atom stereocenters. The van der Waals surface area contributed by atoms with Gasteiger partial charge in [0.2, 0.25) is 21.9 Å². The number of hydrogen-bond donors (Lipinski definition) is 1. The smallest absolute Gasteiger partial charge is 0.239 e. The number of halogens is 1. The number of aromatic nitrogens is 2. The van der Waals surface area contributed by atoms with Gasteiger partial charge in [0.1, 0.15) is 5.82 Å². The fourth-order valence-electron chi connectivity index (χ4n) is 4.75. The number of carbonyl (C=O) groups is 2. The Hall–Kier alpha value is -3.74. The molecule has 1 N–H and O–H groups in total. The van der Waals surface area contributed by atoms with Crippen molar-refractivity contribution in [1.82, 2.24) is 15.3 Å². The molecule has 0 saturated heterocycles. The molecule has 1 heterocycles. The lowest BCUT2D eigenvalue weighted by atomic mass is 9.97. The molecule has 0 radical (unpaired) electrons. The summed E-state index contributed by atoms with van der Waals surface area (Å²) in [5.41, 5.74) is 2.88.